The highest BCUT2D eigenvalue weighted by molar-refractivity contribution is 8.25. The van der Waals surface area contributed by atoms with Crippen molar-refractivity contribution in [3.05, 3.63) is 64.2 Å². The number of non-ortho nitro benzene ring substituents is 1. The molecule has 2 N–H and O–H groups in total. The molecule has 122 valence electrons. The van der Waals surface area contributed by atoms with E-state index in [1.54, 1.807) is 18.2 Å². The van der Waals surface area contributed by atoms with Gasteiger partial charge in [0.2, 0.25) is 0 Å². The first-order chi connectivity index (χ1) is 10.7. The van der Waals surface area contributed by atoms with E-state index in [1.165, 1.54) is 18.2 Å². The third kappa shape index (κ3) is 2.61. The Morgan fingerprint density at radius 3 is 2.30 bits per heavy atom. The lowest BCUT2D eigenvalue weighted by molar-refractivity contribution is -0.384. The zero-order valence-electron chi connectivity index (χ0n) is 11.7. The summed E-state index contributed by atoms with van der Waals surface area (Å²) in [5, 5.41) is 9.58. The second-order valence-electron chi connectivity index (χ2n) is 5.16. The van der Waals surface area contributed by atoms with E-state index in [0.29, 0.717) is 5.56 Å². The van der Waals surface area contributed by atoms with Gasteiger partial charge in [-0.15, -0.1) is 0 Å². The smallest absolute Gasteiger partial charge is 0.269 e. The molecule has 3 rings (SSSR count). The molecule has 2 aromatic rings. The maximum Gasteiger partial charge on any atom is 0.269 e. The maximum absolute atomic E-state index is 12.8. The molecular formula is C14H13NO6S2. The second-order valence-corrected chi connectivity index (χ2v) is 9.39. The fourth-order valence-electron chi connectivity index (χ4n) is 2.61. The van der Waals surface area contributed by atoms with E-state index in [2.05, 4.69) is 0 Å². The van der Waals surface area contributed by atoms with Crippen LogP contribution in [-0.4, -0.2) is 28.2 Å². The van der Waals surface area contributed by atoms with Gasteiger partial charge < -0.3 is 0 Å². The van der Waals surface area contributed by atoms with Crippen molar-refractivity contribution in [2.24, 2.45) is 0 Å². The SMILES string of the molecule is O=[N+]([O-])c1ccc(S(=O)(=O)C2CS(O)(O)c3ccccc32)cc1. The second kappa shape index (κ2) is 5.31. The van der Waals surface area contributed by atoms with Gasteiger partial charge in [-0.2, -0.15) is 10.6 Å². The van der Waals surface area contributed by atoms with Gasteiger partial charge in [-0.1, -0.05) is 18.2 Å². The Morgan fingerprint density at radius 2 is 1.70 bits per heavy atom. The van der Waals surface area contributed by atoms with Crippen molar-refractivity contribution in [3.8, 4) is 0 Å². The Morgan fingerprint density at radius 1 is 1.09 bits per heavy atom. The first kappa shape index (κ1) is 15.9. The van der Waals surface area contributed by atoms with Gasteiger partial charge in [-0.25, -0.2) is 8.42 Å². The van der Waals surface area contributed by atoms with Crippen LogP contribution in [0.15, 0.2) is 58.3 Å². The van der Waals surface area contributed by atoms with Crippen LogP contribution in [0.4, 0.5) is 5.69 Å². The van der Waals surface area contributed by atoms with Gasteiger partial charge in [0.25, 0.3) is 5.69 Å². The number of hydrogen-bond donors (Lipinski definition) is 2. The number of hydrogen-bond acceptors (Lipinski definition) is 6. The Hall–Kier alpha value is -1.94. The van der Waals surface area contributed by atoms with Crippen molar-refractivity contribution < 1.29 is 22.4 Å². The molecule has 0 spiro atoms. The lowest BCUT2D eigenvalue weighted by Crippen LogP contribution is -2.15. The lowest BCUT2D eigenvalue weighted by Gasteiger charge is -2.27. The third-order valence-corrected chi connectivity index (χ3v) is 7.94. The topological polar surface area (TPSA) is 118 Å². The molecule has 0 aliphatic carbocycles. The van der Waals surface area contributed by atoms with Gasteiger partial charge in [-0.05, 0) is 23.8 Å². The number of sulfone groups is 1. The molecular weight excluding hydrogens is 342 g/mol. The minimum absolute atomic E-state index is 0.0833. The summed E-state index contributed by atoms with van der Waals surface area (Å²) in [5.74, 6) is -0.300. The van der Waals surface area contributed by atoms with Crippen LogP contribution in [0.3, 0.4) is 0 Å². The van der Waals surface area contributed by atoms with E-state index in [0.717, 1.165) is 12.1 Å². The Labute approximate surface area is 134 Å². The summed E-state index contributed by atoms with van der Waals surface area (Å²) < 4.78 is 45.8. The normalized spacial score (nSPS) is 20.7. The fourth-order valence-corrected chi connectivity index (χ4v) is 7.02. The molecule has 0 aromatic heterocycles. The van der Waals surface area contributed by atoms with Crippen LogP contribution in [0.1, 0.15) is 10.8 Å². The number of fused-ring (bicyclic) bond motifs is 1. The van der Waals surface area contributed by atoms with Crippen molar-refractivity contribution in [1.82, 2.24) is 0 Å². The van der Waals surface area contributed by atoms with Gasteiger partial charge in [0.05, 0.1) is 20.5 Å². The van der Waals surface area contributed by atoms with Crippen LogP contribution < -0.4 is 0 Å². The van der Waals surface area contributed by atoms with Crippen molar-refractivity contribution in [2.75, 3.05) is 5.75 Å². The Balaban J connectivity index is 2.06. The predicted octanol–water partition coefficient (Wildman–Crippen LogP) is 3.23. The average Bonchev–Trinajstić information content (AvgIpc) is 2.80. The predicted molar refractivity (Wildman–Crippen MR) is 85.4 cm³/mol. The van der Waals surface area contributed by atoms with E-state index < -0.39 is 30.6 Å². The monoisotopic (exact) mass is 355 g/mol. The number of nitro groups is 1. The molecule has 0 radical (unpaired) electrons. The molecule has 0 amide bonds. The first-order valence-electron chi connectivity index (χ1n) is 6.57. The van der Waals surface area contributed by atoms with Gasteiger partial charge in [0, 0.05) is 12.1 Å². The molecule has 0 saturated heterocycles. The van der Waals surface area contributed by atoms with Gasteiger partial charge >= 0.3 is 0 Å². The fraction of sp³-hybridized carbons (Fsp3) is 0.143. The Bertz CT molecular complexity index is 876. The van der Waals surface area contributed by atoms with Crippen LogP contribution in [-0.2, 0) is 9.84 Å². The summed E-state index contributed by atoms with van der Waals surface area (Å²) in [5.41, 5.74) is 0.158. The summed E-state index contributed by atoms with van der Waals surface area (Å²) in [4.78, 5) is 10.2. The van der Waals surface area contributed by atoms with Crippen molar-refractivity contribution in [3.63, 3.8) is 0 Å². The molecule has 7 nitrogen and oxygen atoms in total. The van der Waals surface area contributed by atoms with E-state index in [1.807, 2.05) is 0 Å². The summed E-state index contributed by atoms with van der Waals surface area (Å²) in [6.45, 7) is 0. The highest BCUT2D eigenvalue weighted by atomic mass is 32.3. The first-order valence-corrected chi connectivity index (χ1v) is 9.83. The number of nitro benzene ring substituents is 1. The summed E-state index contributed by atoms with van der Waals surface area (Å²) in [6.07, 6.45) is 0. The molecule has 2 aromatic carbocycles. The van der Waals surface area contributed by atoms with Crippen LogP contribution in [0.5, 0.6) is 0 Å². The number of rotatable bonds is 3. The van der Waals surface area contributed by atoms with Crippen molar-refractivity contribution in [1.29, 1.82) is 0 Å². The summed E-state index contributed by atoms with van der Waals surface area (Å²) in [6, 6.07) is 10.9. The zero-order chi connectivity index (χ0) is 16.8. The van der Waals surface area contributed by atoms with E-state index >= 15 is 0 Å². The average molecular weight is 355 g/mol. The standard InChI is InChI=1S/C14H13NO6S2/c16-15(17)10-5-7-11(8-6-10)23(20,21)14-9-22(18,19)13-4-2-1-3-12(13)14/h1-8,14,18-19H,9H2. The van der Waals surface area contributed by atoms with Crippen LogP contribution >= 0.6 is 10.6 Å². The van der Waals surface area contributed by atoms with Crippen LogP contribution in [0.25, 0.3) is 0 Å². The highest BCUT2D eigenvalue weighted by Gasteiger charge is 2.42. The molecule has 0 saturated carbocycles. The molecule has 0 bridgehead atoms. The van der Waals surface area contributed by atoms with E-state index in [4.69, 9.17) is 0 Å². The third-order valence-electron chi connectivity index (χ3n) is 3.75. The van der Waals surface area contributed by atoms with E-state index in [-0.39, 0.29) is 21.2 Å². The van der Waals surface area contributed by atoms with Crippen molar-refractivity contribution in [2.45, 2.75) is 15.0 Å². The van der Waals surface area contributed by atoms with Gasteiger partial charge in [0.15, 0.2) is 9.84 Å². The molecule has 1 heterocycles. The highest BCUT2D eigenvalue weighted by Crippen LogP contribution is 2.61. The number of benzene rings is 2. The summed E-state index contributed by atoms with van der Waals surface area (Å²) in [7, 11) is -7.04. The molecule has 0 fully saturated rings. The lowest BCUT2D eigenvalue weighted by atomic mass is 10.2. The van der Waals surface area contributed by atoms with Crippen LogP contribution in [0.2, 0.25) is 0 Å². The molecule has 23 heavy (non-hydrogen) atoms. The molecule has 1 aliphatic rings. The Kier molecular flexibility index (Phi) is 3.68. The van der Waals surface area contributed by atoms with Gasteiger partial charge in [0.1, 0.15) is 5.25 Å². The van der Waals surface area contributed by atoms with Crippen molar-refractivity contribution >= 4 is 26.1 Å². The zero-order valence-corrected chi connectivity index (χ0v) is 13.3. The van der Waals surface area contributed by atoms with Crippen LogP contribution in [0, 0.1) is 10.1 Å². The minimum atomic E-state index is -3.89. The summed E-state index contributed by atoms with van der Waals surface area (Å²) >= 11 is 0. The largest absolute Gasteiger partial charge is 0.295 e. The molecule has 1 atom stereocenters. The quantitative estimate of drug-likeness (QED) is 0.644. The minimum Gasteiger partial charge on any atom is -0.295 e. The van der Waals surface area contributed by atoms with E-state index in [9.17, 15) is 27.6 Å². The molecule has 1 aliphatic heterocycles. The molecule has 1 unspecified atom stereocenters. The molecule has 9 heteroatoms. The maximum atomic E-state index is 12.8. The van der Waals surface area contributed by atoms with Gasteiger partial charge in [-0.3, -0.25) is 19.2 Å². The number of nitrogens with zero attached hydrogens (tertiary/aromatic N) is 1.